The Hall–Kier alpha value is -1.90. The molecule has 1 aromatic heterocycles. The molecular formula is C35H63N3O4S. The maximum atomic E-state index is 11.3. The maximum absolute atomic E-state index is 11.3. The SMILES string of the molecule is CCCCN(CCCC)CCCC.CCCCN(CCCC)CCCC.O=C(O)CC(C(=O)S)c1nc2ccccc2o1. The zero-order valence-electron chi connectivity index (χ0n) is 28.3. The molecule has 2 rings (SSSR count). The van der Waals surface area contributed by atoms with E-state index in [1.165, 1.54) is 116 Å². The van der Waals surface area contributed by atoms with Crippen LogP contribution in [0.3, 0.4) is 0 Å². The summed E-state index contributed by atoms with van der Waals surface area (Å²) in [5.74, 6) is -1.96. The molecule has 1 atom stereocenters. The number of aliphatic carboxylic acids is 1. The summed E-state index contributed by atoms with van der Waals surface area (Å²) in [4.78, 5) is 31.3. The number of carboxylic acid groups (broad SMARTS) is 1. The minimum atomic E-state index is -1.10. The second kappa shape index (κ2) is 27.6. The van der Waals surface area contributed by atoms with Gasteiger partial charge >= 0.3 is 5.97 Å². The third-order valence-electron chi connectivity index (χ3n) is 7.25. The van der Waals surface area contributed by atoms with Crippen molar-refractivity contribution in [3.63, 3.8) is 0 Å². The first-order valence-corrected chi connectivity index (χ1v) is 17.5. The zero-order valence-corrected chi connectivity index (χ0v) is 29.2. The number of oxazole rings is 1. The van der Waals surface area contributed by atoms with Crippen LogP contribution in [0.15, 0.2) is 28.7 Å². The number of carbonyl (C=O) groups is 2. The quantitative estimate of drug-likeness (QED) is 0.127. The summed E-state index contributed by atoms with van der Waals surface area (Å²) in [5.41, 5.74) is 1.11. The van der Waals surface area contributed by atoms with Gasteiger partial charge in [0.25, 0.3) is 0 Å². The highest BCUT2D eigenvalue weighted by Crippen LogP contribution is 2.25. The van der Waals surface area contributed by atoms with Crippen LogP contribution in [0, 0.1) is 0 Å². The number of para-hydroxylation sites is 2. The molecule has 0 aliphatic rings. The van der Waals surface area contributed by atoms with Crippen molar-refractivity contribution in [1.29, 1.82) is 0 Å². The monoisotopic (exact) mass is 621 g/mol. The fourth-order valence-corrected chi connectivity index (χ4v) is 4.66. The Kier molecular flexibility index (Phi) is 26.4. The van der Waals surface area contributed by atoms with Gasteiger partial charge in [-0.2, -0.15) is 0 Å². The lowest BCUT2D eigenvalue weighted by molar-refractivity contribution is -0.138. The Morgan fingerprint density at radius 1 is 0.721 bits per heavy atom. The minimum absolute atomic E-state index is 0.0913. The maximum Gasteiger partial charge on any atom is 0.304 e. The summed E-state index contributed by atoms with van der Waals surface area (Å²) in [7, 11) is 0. The van der Waals surface area contributed by atoms with E-state index < -0.39 is 17.0 Å². The van der Waals surface area contributed by atoms with Crippen LogP contribution in [-0.2, 0) is 9.59 Å². The molecule has 0 aliphatic carbocycles. The van der Waals surface area contributed by atoms with Crippen LogP contribution in [0.2, 0.25) is 0 Å². The van der Waals surface area contributed by atoms with E-state index in [9.17, 15) is 9.59 Å². The number of carboxylic acids is 1. The predicted octanol–water partition coefficient (Wildman–Crippen LogP) is 9.22. The van der Waals surface area contributed by atoms with Crippen LogP contribution in [-0.4, -0.2) is 70.2 Å². The second-order valence-electron chi connectivity index (χ2n) is 11.3. The van der Waals surface area contributed by atoms with E-state index in [2.05, 4.69) is 69.0 Å². The van der Waals surface area contributed by atoms with E-state index in [0.717, 1.165) is 0 Å². The molecule has 0 bridgehead atoms. The Bertz CT molecular complexity index is 857. The molecule has 8 heteroatoms. The normalized spacial score (nSPS) is 11.7. The van der Waals surface area contributed by atoms with Crippen LogP contribution >= 0.6 is 12.6 Å². The number of hydrogen-bond donors (Lipinski definition) is 2. The molecular weight excluding hydrogens is 558 g/mol. The van der Waals surface area contributed by atoms with Crippen LogP contribution in [0.5, 0.6) is 0 Å². The van der Waals surface area contributed by atoms with Crippen LogP contribution < -0.4 is 0 Å². The van der Waals surface area contributed by atoms with Crippen molar-refractivity contribution in [3.05, 3.63) is 30.2 Å². The Morgan fingerprint density at radius 3 is 1.40 bits per heavy atom. The summed E-state index contributed by atoms with van der Waals surface area (Å²) in [6.45, 7) is 21.5. The van der Waals surface area contributed by atoms with E-state index in [1.807, 2.05) is 0 Å². The summed E-state index contributed by atoms with van der Waals surface area (Å²) < 4.78 is 5.35. The predicted molar refractivity (Wildman–Crippen MR) is 185 cm³/mol. The van der Waals surface area contributed by atoms with Crippen molar-refractivity contribution in [3.8, 4) is 0 Å². The number of nitrogens with zero attached hydrogens (tertiary/aromatic N) is 3. The van der Waals surface area contributed by atoms with Crippen LogP contribution in [0.1, 0.15) is 137 Å². The van der Waals surface area contributed by atoms with Gasteiger partial charge in [0.2, 0.25) is 5.89 Å². The lowest BCUT2D eigenvalue weighted by atomic mass is 10.1. The first-order chi connectivity index (χ1) is 20.8. The third kappa shape index (κ3) is 20.6. The topological polar surface area (TPSA) is 86.9 Å². The average Bonchev–Trinajstić information content (AvgIpc) is 3.43. The highest BCUT2D eigenvalue weighted by molar-refractivity contribution is 7.96. The molecule has 2 aromatic rings. The molecule has 0 radical (unpaired) electrons. The van der Waals surface area contributed by atoms with Crippen molar-refractivity contribution in [2.45, 2.75) is 131 Å². The van der Waals surface area contributed by atoms with Crippen molar-refractivity contribution in [1.82, 2.24) is 14.8 Å². The lowest BCUT2D eigenvalue weighted by Crippen LogP contribution is -2.27. The molecule has 0 amide bonds. The molecule has 0 spiro atoms. The standard InChI is InChI=1S/2C12H27N.C11H9NO4S/c2*1-4-7-10-13(11-8-5-2)12-9-6-3;13-9(14)5-6(11(15)17)10-12-7-3-1-2-4-8(7)16-10/h2*4-12H2,1-3H3;1-4,6H,5H2,(H,13,14)(H,15,17). The molecule has 0 aliphatic heterocycles. The molecule has 1 unspecified atom stereocenters. The first kappa shape index (κ1) is 41.1. The zero-order chi connectivity index (χ0) is 32.3. The Labute approximate surface area is 268 Å². The number of rotatable bonds is 22. The summed E-state index contributed by atoms with van der Waals surface area (Å²) in [6, 6.07) is 6.98. The molecule has 43 heavy (non-hydrogen) atoms. The Balaban J connectivity index is 0.000000627. The highest BCUT2D eigenvalue weighted by atomic mass is 32.1. The van der Waals surface area contributed by atoms with Gasteiger partial charge in [0.05, 0.1) is 6.42 Å². The van der Waals surface area contributed by atoms with Gasteiger partial charge in [-0.15, -0.1) is 12.6 Å². The van der Waals surface area contributed by atoms with Crippen molar-refractivity contribution < 1.29 is 19.1 Å². The highest BCUT2D eigenvalue weighted by Gasteiger charge is 2.26. The van der Waals surface area contributed by atoms with E-state index in [4.69, 9.17) is 9.52 Å². The van der Waals surface area contributed by atoms with Gasteiger partial charge in [0, 0.05) is 0 Å². The number of fused-ring (bicyclic) bond motifs is 1. The molecule has 1 aromatic carbocycles. The first-order valence-electron chi connectivity index (χ1n) is 17.0. The van der Waals surface area contributed by atoms with Gasteiger partial charge in [-0.3, -0.25) is 9.59 Å². The Morgan fingerprint density at radius 2 is 1.09 bits per heavy atom. The van der Waals surface area contributed by atoms with E-state index >= 15 is 0 Å². The molecule has 0 fully saturated rings. The molecule has 1 heterocycles. The largest absolute Gasteiger partial charge is 0.481 e. The van der Waals surface area contributed by atoms with E-state index in [1.54, 1.807) is 24.3 Å². The minimum Gasteiger partial charge on any atom is -0.481 e. The number of carbonyl (C=O) groups excluding carboxylic acids is 1. The number of hydrogen-bond acceptors (Lipinski definition) is 6. The average molecular weight is 622 g/mol. The molecule has 0 saturated carbocycles. The van der Waals surface area contributed by atoms with Crippen LogP contribution in [0.4, 0.5) is 0 Å². The van der Waals surface area contributed by atoms with Gasteiger partial charge < -0.3 is 19.3 Å². The van der Waals surface area contributed by atoms with Crippen LogP contribution in [0.25, 0.3) is 11.1 Å². The number of benzene rings is 1. The number of thiol groups is 1. The van der Waals surface area contributed by atoms with Crippen molar-refractivity contribution >= 4 is 34.8 Å². The van der Waals surface area contributed by atoms with Gasteiger partial charge in [0.15, 0.2) is 10.7 Å². The lowest BCUT2D eigenvalue weighted by Gasteiger charge is -2.21. The summed E-state index contributed by atoms with van der Waals surface area (Å²) in [6.07, 6.45) is 15.8. The summed E-state index contributed by atoms with van der Waals surface area (Å²) in [5, 5.41) is 8.14. The van der Waals surface area contributed by atoms with Gasteiger partial charge in [-0.25, -0.2) is 4.98 Å². The van der Waals surface area contributed by atoms with Gasteiger partial charge in [0.1, 0.15) is 11.4 Å². The fraction of sp³-hybridized carbons (Fsp3) is 0.743. The van der Waals surface area contributed by atoms with E-state index in [0.29, 0.717) is 11.1 Å². The van der Waals surface area contributed by atoms with Gasteiger partial charge in [-0.1, -0.05) is 92.2 Å². The smallest absolute Gasteiger partial charge is 0.304 e. The van der Waals surface area contributed by atoms with Gasteiger partial charge in [-0.05, 0) is 89.9 Å². The number of unbranched alkanes of at least 4 members (excludes halogenated alkanes) is 6. The molecule has 248 valence electrons. The van der Waals surface area contributed by atoms with E-state index in [-0.39, 0.29) is 12.3 Å². The molecule has 1 N–H and O–H groups in total. The third-order valence-corrected chi connectivity index (χ3v) is 7.56. The fourth-order valence-electron chi connectivity index (χ4n) is 4.46. The summed E-state index contributed by atoms with van der Waals surface area (Å²) >= 11 is 3.66. The van der Waals surface area contributed by atoms with Crippen molar-refractivity contribution in [2.75, 3.05) is 39.3 Å². The second-order valence-corrected chi connectivity index (χ2v) is 11.8. The molecule has 7 nitrogen and oxygen atoms in total. The molecule has 0 saturated heterocycles. The van der Waals surface area contributed by atoms with Crippen molar-refractivity contribution in [2.24, 2.45) is 0 Å². The number of aromatic nitrogens is 1.